The molecule has 0 aliphatic heterocycles. The number of hydrogen-bond donors (Lipinski definition) is 3. The molecule has 0 unspecified atom stereocenters. The first-order valence-corrected chi connectivity index (χ1v) is 9.38. The Balaban J connectivity index is 1.93. The molecule has 2 fully saturated rings. The zero-order valence-corrected chi connectivity index (χ0v) is 15.1. The van der Waals surface area contributed by atoms with E-state index in [1.165, 1.54) is 5.57 Å². The van der Waals surface area contributed by atoms with Gasteiger partial charge in [-0.05, 0) is 63.3 Å². The number of aliphatic hydroxyl groups is 2. The molecule has 0 heterocycles. The first-order valence-electron chi connectivity index (χ1n) is 9.38. The van der Waals surface area contributed by atoms with Gasteiger partial charge in [-0.25, -0.2) is 0 Å². The molecule has 3 heteroatoms. The standard InChI is InChI=1S/C21H33NO2/c1-3-4-7-15(2)20(23)10-9-18-19-13-16(8-5-6-11-22)12-17(19)14-21(18)24/h8-10,15,17-21,23-24H,5-7,11-14,22H2,1-2H3/t15-,17-,18+,19-,20+,21+/m0/s1. The molecule has 3 nitrogen and oxygen atoms in total. The molecule has 0 saturated heterocycles. The molecule has 24 heavy (non-hydrogen) atoms. The van der Waals surface area contributed by atoms with Crippen molar-refractivity contribution in [3.63, 3.8) is 0 Å². The van der Waals surface area contributed by atoms with Crippen LogP contribution in [0.25, 0.3) is 0 Å². The van der Waals surface area contributed by atoms with E-state index in [0.717, 1.165) is 38.6 Å². The molecule has 0 aromatic carbocycles. The quantitative estimate of drug-likeness (QED) is 0.382. The zero-order chi connectivity index (χ0) is 17.5. The average molecular weight is 332 g/mol. The SMILES string of the molecule is CC#CC[C@H](C)[C@H](O)C=C[C@@H]1[C@H]2CC(=CCCCN)C[C@H]2C[C@H]1O. The summed E-state index contributed by atoms with van der Waals surface area (Å²) < 4.78 is 0. The summed E-state index contributed by atoms with van der Waals surface area (Å²) in [6, 6.07) is 0. The molecular formula is C21H33NO2. The van der Waals surface area contributed by atoms with E-state index in [0.29, 0.717) is 18.3 Å². The van der Waals surface area contributed by atoms with Crippen molar-refractivity contribution >= 4 is 0 Å². The monoisotopic (exact) mass is 331 g/mol. The van der Waals surface area contributed by atoms with Gasteiger partial charge in [0, 0.05) is 12.3 Å². The third kappa shape index (κ3) is 4.96. The number of unbranched alkanes of at least 4 members (excludes halogenated alkanes) is 1. The van der Waals surface area contributed by atoms with E-state index < -0.39 is 6.10 Å². The van der Waals surface area contributed by atoms with Gasteiger partial charge < -0.3 is 15.9 Å². The lowest BCUT2D eigenvalue weighted by atomic mass is 9.89. The van der Waals surface area contributed by atoms with Crippen molar-refractivity contribution in [3.8, 4) is 11.8 Å². The third-order valence-electron chi connectivity index (χ3n) is 5.67. The smallest absolute Gasteiger partial charge is 0.0755 e. The molecule has 0 amide bonds. The number of nitrogens with two attached hydrogens (primary N) is 1. The lowest BCUT2D eigenvalue weighted by molar-refractivity contribution is 0.137. The average Bonchev–Trinajstić information content (AvgIpc) is 3.07. The summed E-state index contributed by atoms with van der Waals surface area (Å²) >= 11 is 0. The molecule has 0 radical (unpaired) electrons. The molecule has 4 N–H and O–H groups in total. The predicted molar refractivity (Wildman–Crippen MR) is 99.1 cm³/mol. The number of fused-ring (bicyclic) bond motifs is 1. The Morgan fingerprint density at radius 1 is 1.38 bits per heavy atom. The second-order valence-corrected chi connectivity index (χ2v) is 7.49. The van der Waals surface area contributed by atoms with E-state index in [-0.39, 0.29) is 17.9 Å². The van der Waals surface area contributed by atoms with Crippen molar-refractivity contribution in [3.05, 3.63) is 23.8 Å². The Labute approximate surface area is 147 Å². The van der Waals surface area contributed by atoms with E-state index in [1.54, 1.807) is 0 Å². The fourth-order valence-corrected chi connectivity index (χ4v) is 4.18. The van der Waals surface area contributed by atoms with Crippen LogP contribution in [-0.4, -0.2) is 29.0 Å². The predicted octanol–water partition coefficient (Wildman–Crippen LogP) is 3.03. The summed E-state index contributed by atoms with van der Waals surface area (Å²) in [6.07, 6.45) is 11.5. The Kier molecular flexibility index (Phi) is 7.55. The summed E-state index contributed by atoms with van der Waals surface area (Å²) in [5, 5.41) is 20.7. The van der Waals surface area contributed by atoms with E-state index in [1.807, 2.05) is 19.9 Å². The lowest BCUT2D eigenvalue weighted by Gasteiger charge is -2.19. The molecule has 6 atom stereocenters. The van der Waals surface area contributed by atoms with E-state index in [2.05, 4.69) is 24.0 Å². The van der Waals surface area contributed by atoms with Crippen molar-refractivity contribution in [1.29, 1.82) is 0 Å². The maximum atomic E-state index is 10.4. The highest BCUT2D eigenvalue weighted by molar-refractivity contribution is 5.18. The second-order valence-electron chi connectivity index (χ2n) is 7.49. The maximum absolute atomic E-state index is 10.4. The molecule has 0 spiro atoms. The van der Waals surface area contributed by atoms with Crippen molar-refractivity contribution in [2.75, 3.05) is 6.54 Å². The highest BCUT2D eigenvalue weighted by atomic mass is 16.3. The molecular weight excluding hydrogens is 298 g/mol. The third-order valence-corrected chi connectivity index (χ3v) is 5.67. The van der Waals surface area contributed by atoms with Crippen molar-refractivity contribution < 1.29 is 10.2 Å². The van der Waals surface area contributed by atoms with Gasteiger partial charge in [-0.1, -0.05) is 30.7 Å². The van der Waals surface area contributed by atoms with Gasteiger partial charge in [0.25, 0.3) is 0 Å². The van der Waals surface area contributed by atoms with Gasteiger partial charge in [-0.2, -0.15) is 0 Å². The van der Waals surface area contributed by atoms with Crippen LogP contribution in [0.3, 0.4) is 0 Å². The molecule has 0 aromatic rings. The molecule has 134 valence electrons. The zero-order valence-electron chi connectivity index (χ0n) is 15.1. The highest BCUT2D eigenvalue weighted by Crippen LogP contribution is 2.50. The minimum absolute atomic E-state index is 0.123. The van der Waals surface area contributed by atoms with Crippen LogP contribution in [0, 0.1) is 35.5 Å². The van der Waals surface area contributed by atoms with Crippen molar-refractivity contribution in [2.45, 2.75) is 64.6 Å². The lowest BCUT2D eigenvalue weighted by Crippen LogP contribution is -2.19. The Hall–Kier alpha value is -1.08. The van der Waals surface area contributed by atoms with Crippen LogP contribution in [-0.2, 0) is 0 Å². The normalized spacial score (nSPS) is 33.5. The molecule has 0 bridgehead atoms. The first-order chi connectivity index (χ1) is 11.6. The number of hydrogen-bond acceptors (Lipinski definition) is 3. The Morgan fingerprint density at radius 2 is 2.17 bits per heavy atom. The first kappa shape index (κ1) is 19.2. The fraction of sp³-hybridized carbons (Fsp3) is 0.714. The van der Waals surface area contributed by atoms with Gasteiger partial charge in [0.15, 0.2) is 0 Å². The van der Waals surface area contributed by atoms with E-state index >= 15 is 0 Å². The summed E-state index contributed by atoms with van der Waals surface area (Å²) in [5.41, 5.74) is 7.10. The fourth-order valence-electron chi connectivity index (χ4n) is 4.18. The van der Waals surface area contributed by atoms with Gasteiger partial charge in [-0.15, -0.1) is 11.8 Å². The Morgan fingerprint density at radius 3 is 2.88 bits per heavy atom. The van der Waals surface area contributed by atoms with E-state index in [4.69, 9.17) is 5.73 Å². The van der Waals surface area contributed by atoms with Gasteiger partial charge in [0.1, 0.15) is 0 Å². The van der Waals surface area contributed by atoms with Crippen LogP contribution in [0.15, 0.2) is 23.8 Å². The number of allylic oxidation sites excluding steroid dienone is 2. The van der Waals surface area contributed by atoms with E-state index in [9.17, 15) is 10.2 Å². The molecule has 0 aromatic heterocycles. The van der Waals surface area contributed by atoms with Crippen LogP contribution in [0.2, 0.25) is 0 Å². The van der Waals surface area contributed by atoms with Gasteiger partial charge >= 0.3 is 0 Å². The van der Waals surface area contributed by atoms with Crippen LogP contribution in [0.5, 0.6) is 0 Å². The summed E-state index contributed by atoms with van der Waals surface area (Å²) in [5.74, 6) is 7.32. The maximum Gasteiger partial charge on any atom is 0.0755 e. The summed E-state index contributed by atoms with van der Waals surface area (Å²) in [6.45, 7) is 4.59. The summed E-state index contributed by atoms with van der Waals surface area (Å²) in [7, 11) is 0. The topological polar surface area (TPSA) is 66.5 Å². The van der Waals surface area contributed by atoms with Gasteiger partial charge in [0.05, 0.1) is 12.2 Å². The minimum Gasteiger partial charge on any atom is -0.392 e. The van der Waals surface area contributed by atoms with Gasteiger partial charge in [-0.3, -0.25) is 0 Å². The van der Waals surface area contributed by atoms with Crippen molar-refractivity contribution in [1.82, 2.24) is 0 Å². The van der Waals surface area contributed by atoms with Crippen LogP contribution < -0.4 is 5.73 Å². The van der Waals surface area contributed by atoms with Crippen LogP contribution in [0.1, 0.15) is 52.4 Å². The summed E-state index contributed by atoms with van der Waals surface area (Å²) in [4.78, 5) is 0. The molecule has 2 aliphatic carbocycles. The van der Waals surface area contributed by atoms with Crippen LogP contribution >= 0.6 is 0 Å². The number of rotatable bonds is 7. The molecule has 2 saturated carbocycles. The number of aliphatic hydroxyl groups excluding tert-OH is 2. The molecule has 2 rings (SSSR count). The van der Waals surface area contributed by atoms with Gasteiger partial charge in [0.2, 0.25) is 0 Å². The highest BCUT2D eigenvalue weighted by Gasteiger charge is 2.44. The van der Waals surface area contributed by atoms with Crippen LogP contribution in [0.4, 0.5) is 0 Å². The van der Waals surface area contributed by atoms with Crippen molar-refractivity contribution in [2.24, 2.45) is 29.4 Å². The molecule has 2 aliphatic rings. The largest absolute Gasteiger partial charge is 0.392 e. The Bertz CT molecular complexity index is 514. The second kappa shape index (κ2) is 9.42. The minimum atomic E-state index is -0.488.